The van der Waals surface area contributed by atoms with Gasteiger partial charge in [-0.1, -0.05) is 25.5 Å². The van der Waals surface area contributed by atoms with Crippen molar-refractivity contribution >= 4 is 11.9 Å². The highest BCUT2D eigenvalue weighted by Crippen LogP contribution is 2.40. The van der Waals surface area contributed by atoms with Gasteiger partial charge >= 0.3 is 5.97 Å². The van der Waals surface area contributed by atoms with Gasteiger partial charge in [0.25, 0.3) is 5.91 Å². The van der Waals surface area contributed by atoms with Crippen LogP contribution in [0.3, 0.4) is 0 Å². The lowest BCUT2D eigenvalue weighted by atomic mass is 10.1. The van der Waals surface area contributed by atoms with Crippen molar-refractivity contribution in [1.82, 2.24) is 4.90 Å². The van der Waals surface area contributed by atoms with Gasteiger partial charge in [0.05, 0.1) is 24.7 Å². The van der Waals surface area contributed by atoms with Crippen molar-refractivity contribution in [2.75, 3.05) is 26.3 Å². The topological polar surface area (TPSA) is 55.8 Å². The zero-order valence-electron chi connectivity index (χ0n) is 15.1. The zero-order chi connectivity index (χ0) is 17.8. The van der Waals surface area contributed by atoms with Crippen LogP contribution in [0.25, 0.3) is 0 Å². The Morgan fingerprint density at radius 1 is 1.32 bits per heavy atom. The Morgan fingerprint density at radius 2 is 2.16 bits per heavy atom. The number of carbonyl (C=O) groups excluding carboxylic acids is 2. The van der Waals surface area contributed by atoms with Crippen LogP contribution in [0, 0.1) is 11.8 Å². The summed E-state index contributed by atoms with van der Waals surface area (Å²) in [6.07, 6.45) is 3.66. The normalized spacial score (nSPS) is 20.6. The molecule has 1 amide bonds. The Hall–Kier alpha value is -2.04. The lowest BCUT2D eigenvalue weighted by molar-refractivity contribution is -0.145. The maximum Gasteiger partial charge on any atom is 0.309 e. The molecular weight excluding hydrogens is 318 g/mol. The number of benzene rings is 1. The number of amides is 1. The minimum atomic E-state index is -0.126. The first-order chi connectivity index (χ1) is 12.2. The average Bonchev–Trinajstić information content (AvgIpc) is 3.22. The first-order valence-corrected chi connectivity index (χ1v) is 9.36. The van der Waals surface area contributed by atoms with Crippen LogP contribution in [0.5, 0.6) is 5.75 Å². The van der Waals surface area contributed by atoms with Crippen molar-refractivity contribution in [2.45, 2.75) is 39.5 Å². The number of hydrogen-bond donors (Lipinski definition) is 0. The van der Waals surface area contributed by atoms with E-state index in [4.69, 9.17) is 9.47 Å². The number of carbonyl (C=O) groups is 2. The minimum absolute atomic E-state index is 0.0155. The van der Waals surface area contributed by atoms with E-state index in [9.17, 15) is 9.59 Å². The Balaban J connectivity index is 1.70. The van der Waals surface area contributed by atoms with E-state index in [0.717, 1.165) is 37.0 Å². The van der Waals surface area contributed by atoms with E-state index < -0.39 is 0 Å². The lowest BCUT2D eigenvalue weighted by Crippen LogP contribution is -2.34. The van der Waals surface area contributed by atoms with E-state index in [1.165, 1.54) is 0 Å². The van der Waals surface area contributed by atoms with Gasteiger partial charge in [0.1, 0.15) is 5.75 Å². The van der Waals surface area contributed by atoms with Crippen LogP contribution >= 0.6 is 0 Å². The third-order valence-electron chi connectivity index (χ3n) is 4.98. The molecule has 1 aromatic carbocycles. The van der Waals surface area contributed by atoms with Crippen molar-refractivity contribution in [1.29, 1.82) is 0 Å². The molecule has 0 N–H and O–H groups in total. The molecule has 0 unspecified atom stereocenters. The Labute approximate surface area is 149 Å². The van der Waals surface area contributed by atoms with Crippen LogP contribution < -0.4 is 4.74 Å². The predicted molar refractivity (Wildman–Crippen MR) is 94.7 cm³/mol. The average molecular weight is 345 g/mol. The summed E-state index contributed by atoms with van der Waals surface area (Å²) in [4.78, 5) is 26.9. The molecule has 5 heteroatoms. The van der Waals surface area contributed by atoms with Crippen LogP contribution in [0.15, 0.2) is 18.2 Å². The number of para-hydroxylation sites is 1. The van der Waals surface area contributed by atoms with Crippen LogP contribution in [0.4, 0.5) is 0 Å². The van der Waals surface area contributed by atoms with Crippen molar-refractivity contribution < 1.29 is 19.1 Å². The zero-order valence-corrected chi connectivity index (χ0v) is 15.1. The van der Waals surface area contributed by atoms with Crippen molar-refractivity contribution in [3.63, 3.8) is 0 Å². The first kappa shape index (κ1) is 17.8. The first-order valence-electron chi connectivity index (χ1n) is 9.36. The summed E-state index contributed by atoms with van der Waals surface area (Å²) in [5, 5.41) is 0. The van der Waals surface area contributed by atoms with Gasteiger partial charge in [0, 0.05) is 19.5 Å². The highest BCUT2D eigenvalue weighted by Gasteiger charge is 2.45. The monoisotopic (exact) mass is 345 g/mol. The molecule has 25 heavy (non-hydrogen) atoms. The molecule has 0 aromatic heterocycles. The molecule has 2 atom stereocenters. The summed E-state index contributed by atoms with van der Waals surface area (Å²) in [7, 11) is 0. The molecule has 5 nitrogen and oxygen atoms in total. The van der Waals surface area contributed by atoms with Gasteiger partial charge in [-0.15, -0.1) is 0 Å². The SMILES string of the molecule is CCCCN(C[C@H]1C[C@@H]1C(=O)OCC)C(=O)c1cccc2c1OCC2. The van der Waals surface area contributed by atoms with Crippen LogP contribution in [0.1, 0.15) is 49.0 Å². The molecule has 0 spiro atoms. The van der Waals surface area contributed by atoms with Gasteiger partial charge in [-0.25, -0.2) is 0 Å². The van der Waals surface area contributed by atoms with E-state index in [-0.39, 0.29) is 23.7 Å². The number of nitrogens with zero attached hydrogens (tertiary/aromatic N) is 1. The Kier molecular flexibility index (Phi) is 5.61. The summed E-state index contributed by atoms with van der Waals surface area (Å²) in [5.74, 6) is 0.805. The fourth-order valence-corrected chi connectivity index (χ4v) is 3.45. The summed E-state index contributed by atoms with van der Waals surface area (Å²) < 4.78 is 10.8. The van der Waals surface area contributed by atoms with Crippen molar-refractivity contribution in [3.8, 4) is 5.75 Å². The second kappa shape index (κ2) is 7.89. The number of unbranched alkanes of at least 4 members (excludes halogenated alkanes) is 1. The van der Waals surface area contributed by atoms with Crippen molar-refractivity contribution in [3.05, 3.63) is 29.3 Å². The standard InChI is InChI=1S/C20H27NO4/c1-3-5-10-21(13-15-12-17(15)20(23)24-4-2)19(22)16-8-6-7-14-9-11-25-18(14)16/h6-8,15,17H,3-5,9-13H2,1-2H3/t15-,17+/m1/s1. The number of hydrogen-bond acceptors (Lipinski definition) is 4. The molecule has 136 valence electrons. The molecule has 0 radical (unpaired) electrons. The second-order valence-electron chi connectivity index (χ2n) is 6.85. The highest BCUT2D eigenvalue weighted by atomic mass is 16.5. The van der Waals surface area contributed by atoms with Gasteiger partial charge in [0.2, 0.25) is 0 Å². The van der Waals surface area contributed by atoms with Crippen LogP contribution in [-0.4, -0.2) is 43.1 Å². The molecule has 0 bridgehead atoms. The summed E-state index contributed by atoms with van der Waals surface area (Å²) in [5.41, 5.74) is 1.76. The van der Waals surface area contributed by atoms with Crippen LogP contribution in [0.2, 0.25) is 0 Å². The second-order valence-corrected chi connectivity index (χ2v) is 6.85. The molecule has 1 fully saturated rings. The fraction of sp³-hybridized carbons (Fsp3) is 0.600. The quantitative estimate of drug-likeness (QED) is 0.680. The molecule has 3 rings (SSSR count). The minimum Gasteiger partial charge on any atom is -0.492 e. The molecule has 1 heterocycles. The molecule has 1 saturated carbocycles. The summed E-state index contributed by atoms with van der Waals surface area (Å²) in [6.45, 7) is 6.32. The van der Waals surface area contributed by atoms with Gasteiger partial charge in [-0.2, -0.15) is 0 Å². The van der Waals surface area contributed by atoms with Crippen molar-refractivity contribution in [2.24, 2.45) is 11.8 Å². The van der Waals surface area contributed by atoms with E-state index in [0.29, 0.717) is 31.9 Å². The van der Waals surface area contributed by atoms with E-state index in [1.807, 2.05) is 30.0 Å². The maximum atomic E-state index is 13.1. The fourth-order valence-electron chi connectivity index (χ4n) is 3.45. The number of esters is 1. The molecule has 1 aliphatic carbocycles. The third kappa shape index (κ3) is 3.97. The highest BCUT2D eigenvalue weighted by molar-refractivity contribution is 5.97. The third-order valence-corrected chi connectivity index (χ3v) is 4.98. The summed E-state index contributed by atoms with van der Waals surface area (Å²) in [6, 6.07) is 5.80. The largest absolute Gasteiger partial charge is 0.492 e. The van der Waals surface area contributed by atoms with Gasteiger partial charge in [-0.3, -0.25) is 9.59 Å². The number of fused-ring (bicyclic) bond motifs is 1. The number of ether oxygens (including phenoxy) is 2. The molecule has 2 aliphatic rings. The Morgan fingerprint density at radius 3 is 2.92 bits per heavy atom. The van der Waals surface area contributed by atoms with Gasteiger partial charge in [0.15, 0.2) is 0 Å². The molecule has 1 aromatic rings. The Bertz CT molecular complexity index is 643. The van der Waals surface area contributed by atoms with Gasteiger partial charge < -0.3 is 14.4 Å². The number of rotatable bonds is 8. The van der Waals surface area contributed by atoms with E-state index in [1.54, 1.807) is 0 Å². The molecule has 1 aliphatic heterocycles. The van der Waals surface area contributed by atoms with Crippen LogP contribution in [-0.2, 0) is 16.0 Å². The summed E-state index contributed by atoms with van der Waals surface area (Å²) >= 11 is 0. The van der Waals surface area contributed by atoms with E-state index >= 15 is 0 Å². The smallest absolute Gasteiger partial charge is 0.309 e. The molecule has 0 saturated heterocycles. The van der Waals surface area contributed by atoms with E-state index in [2.05, 4.69) is 6.92 Å². The maximum absolute atomic E-state index is 13.1. The predicted octanol–water partition coefficient (Wildman–Crippen LogP) is 3.06. The van der Waals surface area contributed by atoms with Gasteiger partial charge in [-0.05, 0) is 37.3 Å². The lowest BCUT2D eigenvalue weighted by Gasteiger charge is -2.23. The molecular formula is C20H27NO4.